The first-order valence-corrected chi connectivity index (χ1v) is 11.0. The van der Waals surface area contributed by atoms with E-state index >= 15 is 0 Å². The predicted octanol–water partition coefficient (Wildman–Crippen LogP) is 5.73. The summed E-state index contributed by atoms with van der Waals surface area (Å²) in [5.41, 5.74) is 5.04. The average molecular weight is 424 g/mol. The van der Waals surface area contributed by atoms with Crippen molar-refractivity contribution < 1.29 is 9.32 Å². The first-order chi connectivity index (χ1) is 15.7. The Bertz CT molecular complexity index is 1220. The van der Waals surface area contributed by atoms with Gasteiger partial charge in [0.2, 0.25) is 11.7 Å². The third-order valence-corrected chi connectivity index (χ3v) is 6.12. The summed E-state index contributed by atoms with van der Waals surface area (Å²) < 4.78 is 5.61. The molecule has 160 valence electrons. The summed E-state index contributed by atoms with van der Waals surface area (Å²) in [6.07, 6.45) is 1.85. The van der Waals surface area contributed by atoms with Crippen molar-refractivity contribution >= 4 is 5.91 Å². The van der Waals surface area contributed by atoms with Crippen molar-refractivity contribution in [2.45, 2.75) is 25.7 Å². The maximum atomic E-state index is 13.2. The van der Waals surface area contributed by atoms with Crippen molar-refractivity contribution in [1.82, 2.24) is 15.0 Å². The number of carbonyl (C=O) groups is 1. The Labute approximate surface area is 187 Å². The lowest BCUT2D eigenvalue weighted by atomic mass is 9.97. The van der Waals surface area contributed by atoms with Gasteiger partial charge in [-0.3, -0.25) is 4.79 Å². The maximum absolute atomic E-state index is 13.2. The lowest BCUT2D eigenvalue weighted by molar-refractivity contribution is 0.0695. The fraction of sp³-hybridized carbons (Fsp3) is 0.222. The van der Waals surface area contributed by atoms with Gasteiger partial charge in [-0.2, -0.15) is 4.98 Å². The van der Waals surface area contributed by atoms with E-state index in [-0.39, 0.29) is 11.8 Å². The van der Waals surface area contributed by atoms with Crippen LogP contribution in [0.1, 0.15) is 40.6 Å². The summed E-state index contributed by atoms with van der Waals surface area (Å²) in [4.78, 5) is 19.7. The van der Waals surface area contributed by atoms with Gasteiger partial charge < -0.3 is 9.42 Å². The van der Waals surface area contributed by atoms with Crippen LogP contribution in [0.2, 0.25) is 0 Å². The average Bonchev–Trinajstić information content (AvgIpc) is 3.35. The Morgan fingerprint density at radius 3 is 2.44 bits per heavy atom. The van der Waals surface area contributed by atoms with Gasteiger partial charge in [0.25, 0.3) is 5.91 Å². The molecule has 5 heteroatoms. The second-order valence-electron chi connectivity index (χ2n) is 8.30. The van der Waals surface area contributed by atoms with Crippen LogP contribution in [0.5, 0.6) is 0 Å². The van der Waals surface area contributed by atoms with Gasteiger partial charge in [-0.25, -0.2) is 0 Å². The van der Waals surface area contributed by atoms with Crippen LogP contribution in [0.4, 0.5) is 0 Å². The fourth-order valence-corrected chi connectivity index (χ4v) is 4.32. The summed E-state index contributed by atoms with van der Waals surface area (Å²) in [6.45, 7) is 3.37. The van der Waals surface area contributed by atoms with Gasteiger partial charge in [0.1, 0.15) is 0 Å². The second kappa shape index (κ2) is 8.79. The van der Waals surface area contributed by atoms with E-state index in [4.69, 9.17) is 4.52 Å². The molecule has 0 spiro atoms. The van der Waals surface area contributed by atoms with Crippen molar-refractivity contribution in [2.75, 3.05) is 13.1 Å². The quantitative estimate of drug-likeness (QED) is 0.420. The Kier molecular flexibility index (Phi) is 5.55. The number of hydrogen-bond donors (Lipinski definition) is 0. The van der Waals surface area contributed by atoms with Crippen LogP contribution in [0, 0.1) is 6.92 Å². The number of benzene rings is 3. The minimum Gasteiger partial charge on any atom is -0.339 e. The highest BCUT2D eigenvalue weighted by atomic mass is 16.5. The first-order valence-electron chi connectivity index (χ1n) is 11.0. The number of hydrogen-bond acceptors (Lipinski definition) is 4. The molecule has 5 rings (SSSR count). The van der Waals surface area contributed by atoms with Crippen LogP contribution in [0.25, 0.3) is 22.5 Å². The van der Waals surface area contributed by atoms with Crippen molar-refractivity contribution in [3.63, 3.8) is 0 Å². The summed E-state index contributed by atoms with van der Waals surface area (Å²) in [5.74, 6) is 1.33. The van der Waals surface area contributed by atoms with Crippen molar-refractivity contribution in [3.8, 4) is 22.5 Å². The molecule has 2 heterocycles. The minimum atomic E-state index is 0.0490. The molecule has 1 amide bonds. The third kappa shape index (κ3) is 4.06. The standard InChI is InChI=1S/C27H25N3O2/c1-19-8-5-6-12-24(19)25-28-26(32-29-25)23-11-7-17-30(18-23)27(31)22-15-13-21(14-16-22)20-9-3-2-4-10-20/h2-6,8-10,12-16,23H,7,11,17-18H2,1H3. The van der Waals surface area contributed by atoms with Gasteiger partial charge in [0, 0.05) is 24.2 Å². The number of aromatic nitrogens is 2. The Morgan fingerprint density at radius 2 is 1.66 bits per heavy atom. The molecule has 1 fully saturated rings. The number of amides is 1. The van der Waals surface area contributed by atoms with Crippen LogP contribution in [0.15, 0.2) is 83.4 Å². The van der Waals surface area contributed by atoms with Gasteiger partial charge >= 0.3 is 0 Å². The largest absolute Gasteiger partial charge is 0.339 e. The van der Waals surface area contributed by atoms with Gasteiger partial charge in [-0.1, -0.05) is 71.9 Å². The van der Waals surface area contributed by atoms with E-state index in [0.29, 0.717) is 23.8 Å². The fourth-order valence-electron chi connectivity index (χ4n) is 4.32. The van der Waals surface area contributed by atoms with Crippen molar-refractivity contribution in [2.24, 2.45) is 0 Å². The van der Waals surface area contributed by atoms with Crippen molar-refractivity contribution in [3.05, 3.63) is 95.9 Å². The van der Waals surface area contributed by atoms with Crippen LogP contribution in [0.3, 0.4) is 0 Å². The maximum Gasteiger partial charge on any atom is 0.253 e. The molecule has 0 radical (unpaired) electrons. The smallest absolute Gasteiger partial charge is 0.253 e. The summed E-state index contributed by atoms with van der Waals surface area (Å²) in [5, 5.41) is 4.20. The number of likely N-dealkylation sites (tertiary alicyclic amines) is 1. The minimum absolute atomic E-state index is 0.0490. The van der Waals surface area contributed by atoms with Gasteiger partial charge in [0.15, 0.2) is 0 Å². The number of carbonyl (C=O) groups excluding carboxylic acids is 1. The molecule has 0 N–H and O–H groups in total. The molecular formula is C27H25N3O2. The van der Waals surface area contributed by atoms with E-state index in [1.54, 1.807) is 0 Å². The van der Waals surface area contributed by atoms with E-state index in [1.807, 2.05) is 78.6 Å². The van der Waals surface area contributed by atoms with Crippen LogP contribution in [-0.4, -0.2) is 34.0 Å². The van der Waals surface area contributed by atoms with Gasteiger partial charge in [-0.05, 0) is 48.6 Å². The molecule has 3 aromatic carbocycles. The number of rotatable bonds is 4. The SMILES string of the molecule is Cc1ccccc1-c1noc(C2CCCN(C(=O)c3ccc(-c4ccccc4)cc3)C2)n1. The Balaban J connectivity index is 1.30. The summed E-state index contributed by atoms with van der Waals surface area (Å²) >= 11 is 0. The van der Waals surface area contributed by atoms with E-state index < -0.39 is 0 Å². The van der Waals surface area contributed by atoms with E-state index in [9.17, 15) is 4.79 Å². The van der Waals surface area contributed by atoms with E-state index in [2.05, 4.69) is 22.3 Å². The highest BCUT2D eigenvalue weighted by molar-refractivity contribution is 5.94. The van der Waals surface area contributed by atoms with Crippen molar-refractivity contribution in [1.29, 1.82) is 0 Å². The van der Waals surface area contributed by atoms with E-state index in [1.165, 1.54) is 0 Å². The normalized spacial score (nSPS) is 16.2. The molecule has 5 nitrogen and oxygen atoms in total. The lowest BCUT2D eigenvalue weighted by Gasteiger charge is -2.31. The molecular weight excluding hydrogens is 398 g/mol. The second-order valence-corrected chi connectivity index (χ2v) is 8.30. The molecule has 1 saturated heterocycles. The molecule has 0 aliphatic carbocycles. The summed E-state index contributed by atoms with van der Waals surface area (Å²) in [7, 11) is 0. The zero-order valence-corrected chi connectivity index (χ0v) is 18.1. The third-order valence-electron chi connectivity index (χ3n) is 6.12. The Morgan fingerprint density at radius 1 is 0.938 bits per heavy atom. The molecule has 32 heavy (non-hydrogen) atoms. The number of piperidine rings is 1. The Hall–Kier alpha value is -3.73. The molecule has 1 aliphatic heterocycles. The molecule has 1 atom stereocenters. The first kappa shape index (κ1) is 20.2. The van der Waals surface area contributed by atoms with Gasteiger partial charge in [0.05, 0.1) is 5.92 Å². The molecule has 1 aromatic heterocycles. The zero-order valence-electron chi connectivity index (χ0n) is 18.1. The number of nitrogens with zero attached hydrogens (tertiary/aromatic N) is 3. The monoisotopic (exact) mass is 423 g/mol. The lowest BCUT2D eigenvalue weighted by Crippen LogP contribution is -2.39. The highest BCUT2D eigenvalue weighted by Gasteiger charge is 2.29. The summed E-state index contributed by atoms with van der Waals surface area (Å²) in [6, 6.07) is 26.0. The molecule has 1 unspecified atom stereocenters. The van der Waals surface area contributed by atoms with Crippen LogP contribution >= 0.6 is 0 Å². The van der Waals surface area contributed by atoms with Crippen LogP contribution in [-0.2, 0) is 0 Å². The highest BCUT2D eigenvalue weighted by Crippen LogP contribution is 2.29. The molecule has 0 bridgehead atoms. The molecule has 4 aromatic rings. The molecule has 0 saturated carbocycles. The van der Waals surface area contributed by atoms with Crippen LogP contribution < -0.4 is 0 Å². The molecule has 1 aliphatic rings. The predicted molar refractivity (Wildman–Crippen MR) is 124 cm³/mol. The topological polar surface area (TPSA) is 59.2 Å². The van der Waals surface area contributed by atoms with E-state index in [0.717, 1.165) is 41.6 Å². The zero-order chi connectivity index (χ0) is 21.9. The van der Waals surface area contributed by atoms with Gasteiger partial charge in [-0.15, -0.1) is 0 Å². The number of aryl methyl sites for hydroxylation is 1.